The van der Waals surface area contributed by atoms with Crippen LogP contribution in [0.15, 0.2) is 18.2 Å². The molecule has 1 aromatic rings. The zero-order chi connectivity index (χ0) is 11.0. The van der Waals surface area contributed by atoms with E-state index in [0.29, 0.717) is 17.7 Å². The summed E-state index contributed by atoms with van der Waals surface area (Å²) in [6.45, 7) is 0. The van der Waals surface area contributed by atoms with Gasteiger partial charge in [0.15, 0.2) is 0 Å². The molecule has 15 heavy (non-hydrogen) atoms. The van der Waals surface area contributed by atoms with Gasteiger partial charge < -0.3 is 9.84 Å². The Morgan fingerprint density at radius 3 is 2.87 bits per heavy atom. The summed E-state index contributed by atoms with van der Waals surface area (Å²) < 4.78 is 18.1. The van der Waals surface area contributed by atoms with Crippen molar-refractivity contribution in [3.05, 3.63) is 29.6 Å². The van der Waals surface area contributed by atoms with Crippen LogP contribution >= 0.6 is 0 Å². The van der Waals surface area contributed by atoms with E-state index in [4.69, 9.17) is 9.84 Å². The fraction of sp³-hybridized carbons (Fsp3) is 0.364. The molecule has 0 radical (unpaired) electrons. The van der Waals surface area contributed by atoms with Gasteiger partial charge in [0.2, 0.25) is 0 Å². The van der Waals surface area contributed by atoms with Gasteiger partial charge >= 0.3 is 5.97 Å². The fourth-order valence-electron chi connectivity index (χ4n) is 1.81. The average Bonchev–Trinajstić information content (AvgIpc) is 2.97. The quantitative estimate of drug-likeness (QED) is 0.830. The molecule has 1 aliphatic carbocycles. The first-order chi connectivity index (χ1) is 7.13. The summed E-state index contributed by atoms with van der Waals surface area (Å²) in [4.78, 5) is 10.7. The summed E-state index contributed by atoms with van der Waals surface area (Å²) in [7, 11) is 1.49. The number of ether oxygens (including phenoxy) is 1. The van der Waals surface area contributed by atoms with E-state index in [1.165, 1.54) is 25.3 Å². The molecule has 2 rings (SSSR count). The van der Waals surface area contributed by atoms with E-state index in [2.05, 4.69) is 0 Å². The van der Waals surface area contributed by atoms with Crippen LogP contribution in [0.25, 0.3) is 0 Å². The van der Waals surface area contributed by atoms with Crippen LogP contribution in [0, 0.1) is 11.7 Å². The van der Waals surface area contributed by atoms with Gasteiger partial charge in [-0.15, -0.1) is 0 Å². The third kappa shape index (κ3) is 1.79. The molecule has 1 aromatic carbocycles. The van der Waals surface area contributed by atoms with Crippen molar-refractivity contribution in [2.45, 2.75) is 12.3 Å². The normalized spacial score (nSPS) is 23.6. The van der Waals surface area contributed by atoms with Gasteiger partial charge in [0.05, 0.1) is 13.0 Å². The fourth-order valence-corrected chi connectivity index (χ4v) is 1.81. The van der Waals surface area contributed by atoms with Crippen molar-refractivity contribution in [2.75, 3.05) is 7.11 Å². The Bertz CT molecular complexity index is 403. The molecule has 1 N–H and O–H groups in total. The molecule has 0 aromatic heterocycles. The van der Waals surface area contributed by atoms with E-state index >= 15 is 0 Å². The van der Waals surface area contributed by atoms with E-state index in [-0.39, 0.29) is 17.7 Å². The highest BCUT2D eigenvalue weighted by Crippen LogP contribution is 2.50. The van der Waals surface area contributed by atoms with Crippen molar-refractivity contribution in [3.8, 4) is 5.75 Å². The van der Waals surface area contributed by atoms with Crippen LogP contribution in [0.2, 0.25) is 0 Å². The van der Waals surface area contributed by atoms with Crippen molar-refractivity contribution in [2.24, 2.45) is 5.92 Å². The number of halogens is 1. The molecular formula is C11H11FO3. The maximum absolute atomic E-state index is 13.0. The molecule has 1 saturated carbocycles. The molecule has 0 amide bonds. The second kappa shape index (κ2) is 3.53. The highest BCUT2D eigenvalue weighted by Gasteiger charge is 2.45. The van der Waals surface area contributed by atoms with Crippen molar-refractivity contribution in [3.63, 3.8) is 0 Å². The average molecular weight is 210 g/mol. The van der Waals surface area contributed by atoms with E-state index in [9.17, 15) is 9.18 Å². The molecule has 0 saturated heterocycles. The van der Waals surface area contributed by atoms with Gasteiger partial charge in [0.25, 0.3) is 0 Å². The van der Waals surface area contributed by atoms with Crippen LogP contribution in [-0.4, -0.2) is 18.2 Å². The summed E-state index contributed by atoms with van der Waals surface area (Å²) in [6, 6.07) is 4.19. The minimum Gasteiger partial charge on any atom is -0.496 e. The van der Waals surface area contributed by atoms with Crippen LogP contribution in [-0.2, 0) is 4.79 Å². The number of carboxylic acid groups (broad SMARTS) is 1. The van der Waals surface area contributed by atoms with Crippen molar-refractivity contribution < 1.29 is 19.0 Å². The molecule has 0 spiro atoms. The molecule has 3 nitrogen and oxygen atoms in total. The Kier molecular flexibility index (Phi) is 2.34. The Labute approximate surface area is 86.5 Å². The summed E-state index contributed by atoms with van der Waals surface area (Å²) >= 11 is 0. The highest BCUT2D eigenvalue weighted by atomic mass is 19.1. The molecule has 0 bridgehead atoms. The molecule has 4 heteroatoms. The van der Waals surface area contributed by atoms with E-state index in [1.807, 2.05) is 0 Å². The van der Waals surface area contributed by atoms with Crippen LogP contribution < -0.4 is 4.74 Å². The number of carbonyl (C=O) groups is 1. The summed E-state index contributed by atoms with van der Waals surface area (Å²) in [6.07, 6.45) is 0.565. The van der Waals surface area contributed by atoms with Gasteiger partial charge in [-0.05, 0) is 24.6 Å². The number of rotatable bonds is 3. The number of hydrogen-bond donors (Lipinski definition) is 1. The predicted molar refractivity (Wildman–Crippen MR) is 51.4 cm³/mol. The first kappa shape index (κ1) is 9.96. The molecule has 1 fully saturated rings. The number of aliphatic carboxylic acids is 1. The third-order valence-corrected chi connectivity index (χ3v) is 2.70. The predicted octanol–water partition coefficient (Wildman–Crippen LogP) is 2.02. The van der Waals surface area contributed by atoms with Gasteiger partial charge in [-0.25, -0.2) is 4.39 Å². The lowest BCUT2D eigenvalue weighted by molar-refractivity contribution is -0.138. The Morgan fingerprint density at radius 2 is 2.33 bits per heavy atom. The van der Waals surface area contributed by atoms with E-state index < -0.39 is 5.97 Å². The topological polar surface area (TPSA) is 46.5 Å². The molecule has 0 heterocycles. The largest absolute Gasteiger partial charge is 0.496 e. The maximum atomic E-state index is 13.0. The Morgan fingerprint density at radius 1 is 1.60 bits per heavy atom. The Balaban J connectivity index is 2.28. The lowest BCUT2D eigenvalue weighted by Crippen LogP contribution is -2.00. The lowest BCUT2D eigenvalue weighted by atomic mass is 10.1. The third-order valence-electron chi connectivity index (χ3n) is 2.70. The zero-order valence-corrected chi connectivity index (χ0v) is 8.24. The number of benzene rings is 1. The van der Waals surface area contributed by atoms with Crippen LogP contribution in [0.5, 0.6) is 5.75 Å². The monoisotopic (exact) mass is 210 g/mol. The molecule has 2 atom stereocenters. The standard InChI is InChI=1S/C11H11FO3/c1-15-10-3-2-6(12)4-8(10)7-5-9(7)11(13)14/h2-4,7,9H,5H2,1H3,(H,13,14)/t7-,9+/m1/s1. The molecular weight excluding hydrogens is 199 g/mol. The first-order valence-corrected chi connectivity index (χ1v) is 4.69. The summed E-state index contributed by atoms with van der Waals surface area (Å²) in [5.41, 5.74) is 0.657. The van der Waals surface area contributed by atoms with Gasteiger partial charge in [-0.3, -0.25) is 4.79 Å². The highest BCUT2D eigenvalue weighted by molar-refractivity contribution is 5.75. The van der Waals surface area contributed by atoms with Crippen LogP contribution in [0.4, 0.5) is 4.39 Å². The molecule has 0 aliphatic heterocycles. The SMILES string of the molecule is COc1ccc(F)cc1[C@H]1C[C@@H]1C(=O)O. The van der Waals surface area contributed by atoms with E-state index in [1.54, 1.807) is 0 Å². The van der Waals surface area contributed by atoms with Gasteiger partial charge in [-0.1, -0.05) is 0 Å². The van der Waals surface area contributed by atoms with Gasteiger partial charge in [0.1, 0.15) is 11.6 Å². The zero-order valence-electron chi connectivity index (χ0n) is 8.24. The lowest BCUT2D eigenvalue weighted by Gasteiger charge is -2.07. The maximum Gasteiger partial charge on any atom is 0.307 e. The first-order valence-electron chi connectivity index (χ1n) is 4.69. The van der Waals surface area contributed by atoms with Gasteiger partial charge in [-0.2, -0.15) is 0 Å². The minimum absolute atomic E-state index is 0.104. The van der Waals surface area contributed by atoms with Gasteiger partial charge in [0, 0.05) is 11.5 Å². The van der Waals surface area contributed by atoms with Crippen LogP contribution in [0.1, 0.15) is 17.9 Å². The molecule has 1 aliphatic rings. The number of carboxylic acids is 1. The Hall–Kier alpha value is -1.58. The number of hydrogen-bond acceptors (Lipinski definition) is 2. The summed E-state index contributed by atoms with van der Waals surface area (Å²) in [5, 5.41) is 8.78. The molecule has 0 unspecified atom stereocenters. The second-order valence-electron chi connectivity index (χ2n) is 3.67. The van der Waals surface area contributed by atoms with Crippen molar-refractivity contribution >= 4 is 5.97 Å². The molecule has 80 valence electrons. The van der Waals surface area contributed by atoms with Crippen molar-refractivity contribution in [1.29, 1.82) is 0 Å². The second-order valence-corrected chi connectivity index (χ2v) is 3.67. The smallest absolute Gasteiger partial charge is 0.307 e. The minimum atomic E-state index is -0.827. The van der Waals surface area contributed by atoms with E-state index in [0.717, 1.165) is 0 Å². The van der Waals surface area contributed by atoms with Crippen molar-refractivity contribution in [1.82, 2.24) is 0 Å². The van der Waals surface area contributed by atoms with Crippen LogP contribution in [0.3, 0.4) is 0 Å². The number of methoxy groups -OCH3 is 1. The summed E-state index contributed by atoms with van der Waals surface area (Å²) in [5.74, 6) is -1.12.